The average Bonchev–Trinajstić information content (AvgIpc) is 3.00. The summed E-state index contributed by atoms with van der Waals surface area (Å²) in [7, 11) is 3.86. The van der Waals surface area contributed by atoms with Gasteiger partial charge >= 0.3 is 0 Å². The third-order valence-corrected chi connectivity index (χ3v) is 4.17. The van der Waals surface area contributed by atoms with E-state index in [-0.39, 0.29) is 5.91 Å². The minimum atomic E-state index is 0.0444. The summed E-state index contributed by atoms with van der Waals surface area (Å²) in [5, 5.41) is 3.91. The second-order valence-electron chi connectivity index (χ2n) is 6.30. The molecule has 2 aromatic rings. The summed E-state index contributed by atoms with van der Waals surface area (Å²) in [4.78, 5) is 23.0. The number of anilines is 1. The van der Waals surface area contributed by atoms with Gasteiger partial charge in [0, 0.05) is 52.5 Å². The minimum absolute atomic E-state index is 0.0444. The van der Waals surface area contributed by atoms with E-state index in [0.717, 1.165) is 36.9 Å². The topological polar surface area (TPSA) is 65.7 Å². The fourth-order valence-electron chi connectivity index (χ4n) is 2.78. The highest BCUT2D eigenvalue weighted by atomic mass is 16.5. The Morgan fingerprint density at radius 3 is 2.54 bits per heavy atom. The molecule has 1 fully saturated rings. The van der Waals surface area contributed by atoms with Crippen molar-refractivity contribution in [2.75, 3.05) is 45.2 Å². The van der Waals surface area contributed by atoms with Crippen LogP contribution >= 0.6 is 0 Å². The number of hydrogen-bond donors (Lipinski definition) is 0. The predicted octanol–water partition coefficient (Wildman–Crippen LogP) is 1.40. The Morgan fingerprint density at radius 2 is 2.00 bits per heavy atom. The average molecular weight is 329 g/mol. The first-order valence-electron chi connectivity index (χ1n) is 8.10. The molecule has 7 heteroatoms. The van der Waals surface area contributed by atoms with Crippen LogP contribution in [0.3, 0.4) is 0 Å². The third-order valence-electron chi connectivity index (χ3n) is 4.17. The van der Waals surface area contributed by atoms with Gasteiger partial charge in [-0.15, -0.1) is 0 Å². The Balaban J connectivity index is 1.54. The van der Waals surface area contributed by atoms with Crippen molar-refractivity contribution in [1.82, 2.24) is 19.9 Å². The van der Waals surface area contributed by atoms with Crippen LogP contribution in [0.25, 0.3) is 0 Å². The van der Waals surface area contributed by atoms with Crippen molar-refractivity contribution in [2.45, 2.75) is 13.5 Å². The maximum Gasteiger partial charge on any atom is 0.255 e. The zero-order valence-electron chi connectivity index (χ0n) is 14.4. The van der Waals surface area contributed by atoms with Gasteiger partial charge in [-0.05, 0) is 19.1 Å². The molecule has 0 atom stereocenters. The molecule has 0 unspecified atom stereocenters. The molecule has 0 aliphatic carbocycles. The lowest BCUT2D eigenvalue weighted by atomic mass is 10.2. The molecule has 24 heavy (non-hydrogen) atoms. The molecule has 0 bridgehead atoms. The monoisotopic (exact) mass is 329 g/mol. The van der Waals surface area contributed by atoms with Crippen LogP contribution in [0.1, 0.15) is 21.8 Å². The molecule has 1 aliphatic rings. The number of rotatable bonds is 4. The fourth-order valence-corrected chi connectivity index (χ4v) is 2.78. The molecule has 1 aliphatic heterocycles. The summed E-state index contributed by atoms with van der Waals surface area (Å²) in [6.07, 6.45) is 1.65. The van der Waals surface area contributed by atoms with Crippen molar-refractivity contribution in [3.8, 4) is 0 Å². The zero-order chi connectivity index (χ0) is 17.1. The molecule has 0 radical (unpaired) electrons. The molecular formula is C17H23N5O2. The van der Waals surface area contributed by atoms with E-state index in [1.54, 1.807) is 6.20 Å². The van der Waals surface area contributed by atoms with E-state index >= 15 is 0 Å². The van der Waals surface area contributed by atoms with Gasteiger partial charge in [-0.2, -0.15) is 0 Å². The van der Waals surface area contributed by atoms with Gasteiger partial charge in [0.2, 0.25) is 0 Å². The maximum atomic E-state index is 12.6. The first kappa shape index (κ1) is 16.4. The Morgan fingerprint density at radius 1 is 1.25 bits per heavy atom. The van der Waals surface area contributed by atoms with Crippen molar-refractivity contribution in [3.63, 3.8) is 0 Å². The smallest absolute Gasteiger partial charge is 0.255 e. The number of aryl methyl sites for hydroxylation is 1. The number of nitrogens with zero attached hydrogens (tertiary/aromatic N) is 5. The number of aromatic nitrogens is 2. The summed E-state index contributed by atoms with van der Waals surface area (Å²) in [6.45, 7) is 5.73. The predicted molar refractivity (Wildman–Crippen MR) is 91.0 cm³/mol. The van der Waals surface area contributed by atoms with Crippen LogP contribution < -0.4 is 4.90 Å². The van der Waals surface area contributed by atoms with Gasteiger partial charge in [0.15, 0.2) is 5.76 Å². The Bertz CT molecular complexity index is 687. The zero-order valence-corrected chi connectivity index (χ0v) is 14.4. The molecule has 7 nitrogen and oxygen atoms in total. The number of hydrogen-bond acceptors (Lipinski definition) is 6. The van der Waals surface area contributed by atoms with E-state index in [9.17, 15) is 4.79 Å². The number of amides is 1. The summed E-state index contributed by atoms with van der Waals surface area (Å²) in [6, 6.07) is 5.67. The van der Waals surface area contributed by atoms with E-state index in [4.69, 9.17) is 4.52 Å². The first-order chi connectivity index (χ1) is 11.5. The van der Waals surface area contributed by atoms with Crippen molar-refractivity contribution >= 4 is 11.7 Å². The molecule has 0 saturated carbocycles. The molecule has 128 valence electrons. The second-order valence-corrected chi connectivity index (χ2v) is 6.30. The van der Waals surface area contributed by atoms with E-state index in [1.807, 2.05) is 49.0 Å². The molecule has 0 aromatic carbocycles. The molecule has 0 spiro atoms. The van der Waals surface area contributed by atoms with E-state index in [2.05, 4.69) is 15.0 Å². The Hall–Kier alpha value is -2.41. The summed E-state index contributed by atoms with van der Waals surface area (Å²) < 4.78 is 5.26. The van der Waals surface area contributed by atoms with E-state index in [1.165, 1.54) is 0 Å². The van der Waals surface area contributed by atoms with Crippen LogP contribution in [0, 0.1) is 6.92 Å². The van der Waals surface area contributed by atoms with Gasteiger partial charge in [-0.1, -0.05) is 5.16 Å². The van der Waals surface area contributed by atoms with Gasteiger partial charge in [0.25, 0.3) is 5.91 Å². The van der Waals surface area contributed by atoms with Crippen molar-refractivity contribution in [3.05, 3.63) is 41.4 Å². The van der Waals surface area contributed by atoms with Crippen LogP contribution in [0.2, 0.25) is 0 Å². The van der Waals surface area contributed by atoms with E-state index in [0.29, 0.717) is 18.7 Å². The molecule has 3 rings (SSSR count). The van der Waals surface area contributed by atoms with Crippen LogP contribution in [0.5, 0.6) is 0 Å². The molecular weight excluding hydrogens is 306 g/mol. The Labute approximate surface area is 141 Å². The number of carbonyl (C=O) groups excluding carboxylic acids is 1. The number of pyridine rings is 1. The molecule has 0 N–H and O–H groups in total. The Kier molecular flexibility index (Phi) is 4.80. The largest absolute Gasteiger partial charge is 0.363 e. The van der Waals surface area contributed by atoms with Crippen molar-refractivity contribution < 1.29 is 9.32 Å². The molecule has 1 saturated heterocycles. The van der Waals surface area contributed by atoms with Gasteiger partial charge in [-0.25, -0.2) is 4.98 Å². The summed E-state index contributed by atoms with van der Waals surface area (Å²) in [5.74, 6) is 1.76. The number of carbonyl (C=O) groups is 1. The SMILES string of the molecule is Cc1cc(CN2CCN(C(=O)c3ccc(N(C)C)nc3)CC2)on1. The highest BCUT2D eigenvalue weighted by Gasteiger charge is 2.23. The van der Waals surface area contributed by atoms with Crippen LogP contribution in [-0.2, 0) is 6.54 Å². The lowest BCUT2D eigenvalue weighted by Gasteiger charge is -2.34. The number of piperazine rings is 1. The van der Waals surface area contributed by atoms with Gasteiger partial charge < -0.3 is 14.3 Å². The van der Waals surface area contributed by atoms with Crippen molar-refractivity contribution in [2.24, 2.45) is 0 Å². The molecule has 2 aromatic heterocycles. The van der Waals surface area contributed by atoms with E-state index < -0.39 is 0 Å². The van der Waals surface area contributed by atoms with Crippen LogP contribution in [0.15, 0.2) is 28.9 Å². The summed E-state index contributed by atoms with van der Waals surface area (Å²) >= 11 is 0. The van der Waals surface area contributed by atoms with Crippen LogP contribution in [0.4, 0.5) is 5.82 Å². The fraction of sp³-hybridized carbons (Fsp3) is 0.471. The summed E-state index contributed by atoms with van der Waals surface area (Å²) in [5.41, 5.74) is 1.53. The standard InChI is InChI=1S/C17H23N5O2/c1-13-10-15(24-19-13)12-21-6-8-22(9-7-21)17(23)14-4-5-16(18-11-14)20(2)3/h4-5,10-11H,6-9,12H2,1-3H3. The highest BCUT2D eigenvalue weighted by molar-refractivity contribution is 5.94. The molecule has 1 amide bonds. The lowest BCUT2D eigenvalue weighted by Crippen LogP contribution is -2.48. The van der Waals surface area contributed by atoms with Gasteiger partial charge in [0.05, 0.1) is 17.8 Å². The second kappa shape index (κ2) is 7.00. The minimum Gasteiger partial charge on any atom is -0.363 e. The van der Waals surface area contributed by atoms with Gasteiger partial charge in [-0.3, -0.25) is 9.69 Å². The molecule has 3 heterocycles. The van der Waals surface area contributed by atoms with Crippen LogP contribution in [-0.4, -0.2) is 66.1 Å². The first-order valence-corrected chi connectivity index (χ1v) is 8.10. The normalized spacial score (nSPS) is 15.5. The quantitative estimate of drug-likeness (QED) is 0.845. The highest BCUT2D eigenvalue weighted by Crippen LogP contribution is 2.13. The van der Waals surface area contributed by atoms with Crippen molar-refractivity contribution in [1.29, 1.82) is 0 Å². The third kappa shape index (κ3) is 3.73. The van der Waals surface area contributed by atoms with Gasteiger partial charge in [0.1, 0.15) is 5.82 Å². The maximum absolute atomic E-state index is 12.6. The lowest BCUT2D eigenvalue weighted by molar-refractivity contribution is 0.0617.